The number of rotatable bonds is 5. The Morgan fingerprint density at radius 1 is 1.44 bits per heavy atom. The second kappa shape index (κ2) is 6.78. The van der Waals surface area contributed by atoms with Gasteiger partial charge in [-0.05, 0) is 44.2 Å². The second-order valence-corrected chi connectivity index (χ2v) is 6.38. The fourth-order valence-electron chi connectivity index (χ4n) is 3.08. The molecule has 2 unspecified atom stereocenters. The standard InChI is InChI=1S/C13H25N3OS/c1-18-9-6-10(14)13(17)15-11-5-8-16-7-3-2-4-12(11)16/h10-12H,2-9,14H2,1H3,(H,15,17)/t10-,11?,12?/m0/s1. The van der Waals surface area contributed by atoms with Crippen molar-refractivity contribution in [1.29, 1.82) is 0 Å². The predicted molar refractivity (Wildman–Crippen MR) is 76.7 cm³/mol. The summed E-state index contributed by atoms with van der Waals surface area (Å²) in [5, 5.41) is 3.17. The summed E-state index contributed by atoms with van der Waals surface area (Å²) in [7, 11) is 0. The molecule has 0 bridgehead atoms. The molecule has 2 aliphatic rings. The van der Waals surface area contributed by atoms with E-state index in [-0.39, 0.29) is 11.9 Å². The molecule has 2 fully saturated rings. The average Bonchev–Trinajstić information content (AvgIpc) is 2.79. The highest BCUT2D eigenvalue weighted by Gasteiger charge is 2.36. The Balaban J connectivity index is 1.80. The number of piperidine rings is 1. The van der Waals surface area contributed by atoms with Gasteiger partial charge < -0.3 is 11.1 Å². The van der Waals surface area contributed by atoms with Gasteiger partial charge in [0, 0.05) is 18.6 Å². The van der Waals surface area contributed by atoms with Gasteiger partial charge in [-0.25, -0.2) is 0 Å². The Bertz CT molecular complexity index is 287. The van der Waals surface area contributed by atoms with Gasteiger partial charge in [0.25, 0.3) is 0 Å². The highest BCUT2D eigenvalue weighted by molar-refractivity contribution is 7.98. The van der Waals surface area contributed by atoms with Crippen molar-refractivity contribution in [1.82, 2.24) is 10.2 Å². The van der Waals surface area contributed by atoms with E-state index in [9.17, 15) is 4.79 Å². The maximum Gasteiger partial charge on any atom is 0.237 e. The lowest BCUT2D eigenvalue weighted by atomic mass is 9.99. The van der Waals surface area contributed by atoms with Gasteiger partial charge in [-0.2, -0.15) is 11.8 Å². The normalized spacial score (nSPS) is 29.9. The Morgan fingerprint density at radius 2 is 2.28 bits per heavy atom. The van der Waals surface area contributed by atoms with Crippen LogP contribution in [-0.2, 0) is 4.79 Å². The average molecular weight is 271 g/mol. The first-order chi connectivity index (χ1) is 8.72. The Labute approximate surface area is 114 Å². The van der Waals surface area contributed by atoms with Crippen LogP contribution in [0.4, 0.5) is 0 Å². The molecular formula is C13H25N3OS. The number of thioether (sulfide) groups is 1. The quantitative estimate of drug-likeness (QED) is 0.777. The van der Waals surface area contributed by atoms with Crippen LogP contribution in [0.3, 0.4) is 0 Å². The number of hydrogen-bond donors (Lipinski definition) is 2. The van der Waals surface area contributed by atoms with Crippen molar-refractivity contribution in [2.24, 2.45) is 5.73 Å². The smallest absolute Gasteiger partial charge is 0.237 e. The van der Waals surface area contributed by atoms with Gasteiger partial charge in [-0.3, -0.25) is 9.69 Å². The van der Waals surface area contributed by atoms with Crippen LogP contribution in [0.5, 0.6) is 0 Å². The maximum absolute atomic E-state index is 12.0. The summed E-state index contributed by atoms with van der Waals surface area (Å²) in [5.41, 5.74) is 5.91. The molecule has 2 rings (SSSR count). The lowest BCUT2D eigenvalue weighted by molar-refractivity contribution is -0.123. The van der Waals surface area contributed by atoms with Crippen molar-refractivity contribution in [3.8, 4) is 0 Å². The van der Waals surface area contributed by atoms with Gasteiger partial charge in [0.1, 0.15) is 0 Å². The fourth-order valence-corrected chi connectivity index (χ4v) is 3.57. The van der Waals surface area contributed by atoms with Gasteiger partial charge in [-0.1, -0.05) is 6.42 Å². The molecule has 0 aromatic heterocycles. The van der Waals surface area contributed by atoms with Crippen molar-refractivity contribution in [3.05, 3.63) is 0 Å². The van der Waals surface area contributed by atoms with Crippen LogP contribution in [0.2, 0.25) is 0 Å². The van der Waals surface area contributed by atoms with Gasteiger partial charge in [0.05, 0.1) is 6.04 Å². The summed E-state index contributed by atoms with van der Waals surface area (Å²) < 4.78 is 0. The first kappa shape index (κ1) is 14.2. The Hall–Kier alpha value is -0.260. The van der Waals surface area contributed by atoms with E-state index in [1.165, 1.54) is 25.8 Å². The molecule has 0 aromatic carbocycles. The van der Waals surface area contributed by atoms with Crippen molar-refractivity contribution < 1.29 is 4.79 Å². The van der Waals surface area contributed by atoms with Gasteiger partial charge in [-0.15, -0.1) is 0 Å². The van der Waals surface area contributed by atoms with Crippen molar-refractivity contribution in [3.63, 3.8) is 0 Å². The highest BCUT2D eigenvalue weighted by atomic mass is 32.2. The molecular weight excluding hydrogens is 246 g/mol. The molecule has 0 saturated carbocycles. The minimum atomic E-state index is -0.338. The highest BCUT2D eigenvalue weighted by Crippen LogP contribution is 2.27. The second-order valence-electron chi connectivity index (χ2n) is 5.39. The molecule has 104 valence electrons. The third-order valence-corrected chi connectivity index (χ3v) is 4.80. The summed E-state index contributed by atoms with van der Waals surface area (Å²) in [6.45, 7) is 2.34. The largest absolute Gasteiger partial charge is 0.350 e. The molecule has 3 N–H and O–H groups in total. The molecule has 18 heavy (non-hydrogen) atoms. The number of nitrogens with one attached hydrogen (secondary N) is 1. The number of nitrogens with two attached hydrogens (primary N) is 1. The molecule has 3 atom stereocenters. The molecule has 4 nitrogen and oxygen atoms in total. The number of hydrogen-bond acceptors (Lipinski definition) is 4. The van der Waals surface area contributed by atoms with Crippen LogP contribution in [0, 0.1) is 0 Å². The van der Waals surface area contributed by atoms with Gasteiger partial charge in [0.15, 0.2) is 0 Å². The molecule has 2 saturated heterocycles. The monoisotopic (exact) mass is 271 g/mol. The summed E-state index contributed by atoms with van der Waals surface area (Å²) >= 11 is 1.74. The number of fused-ring (bicyclic) bond motifs is 1. The zero-order valence-electron chi connectivity index (χ0n) is 11.2. The van der Waals surface area contributed by atoms with E-state index < -0.39 is 0 Å². The predicted octanol–water partition coefficient (Wildman–Crippen LogP) is 0.810. The van der Waals surface area contributed by atoms with E-state index in [0.717, 1.165) is 25.1 Å². The van der Waals surface area contributed by atoms with E-state index in [1.54, 1.807) is 11.8 Å². The molecule has 0 spiro atoms. The van der Waals surface area contributed by atoms with Gasteiger partial charge >= 0.3 is 0 Å². The van der Waals surface area contributed by atoms with Crippen molar-refractivity contribution >= 4 is 17.7 Å². The van der Waals surface area contributed by atoms with Crippen LogP contribution in [-0.4, -0.2) is 54.0 Å². The molecule has 0 radical (unpaired) electrons. The minimum Gasteiger partial charge on any atom is -0.350 e. The lowest BCUT2D eigenvalue weighted by Gasteiger charge is -2.32. The van der Waals surface area contributed by atoms with Crippen LogP contribution in [0.25, 0.3) is 0 Å². The fraction of sp³-hybridized carbons (Fsp3) is 0.923. The summed E-state index contributed by atoms with van der Waals surface area (Å²) in [6.07, 6.45) is 7.74. The Morgan fingerprint density at radius 3 is 3.06 bits per heavy atom. The molecule has 2 heterocycles. The zero-order valence-corrected chi connectivity index (χ0v) is 12.0. The molecule has 1 amide bonds. The van der Waals surface area contributed by atoms with Crippen LogP contribution in [0.15, 0.2) is 0 Å². The van der Waals surface area contributed by atoms with E-state index in [0.29, 0.717) is 12.1 Å². The SMILES string of the molecule is CSCC[C@H](N)C(=O)NC1CCN2CCCCC12. The third kappa shape index (κ3) is 3.39. The van der Waals surface area contributed by atoms with Crippen LogP contribution in [0.1, 0.15) is 32.1 Å². The first-order valence-electron chi connectivity index (χ1n) is 7.01. The number of carbonyl (C=O) groups is 1. The van der Waals surface area contributed by atoms with E-state index in [2.05, 4.69) is 10.2 Å². The number of amides is 1. The Kier molecular flexibility index (Phi) is 5.33. The van der Waals surface area contributed by atoms with Crippen LogP contribution >= 0.6 is 11.8 Å². The lowest BCUT2D eigenvalue weighted by Crippen LogP contribution is -2.51. The summed E-state index contributed by atoms with van der Waals surface area (Å²) in [6, 6.07) is 0.559. The first-order valence-corrected chi connectivity index (χ1v) is 8.40. The molecule has 0 aliphatic carbocycles. The van der Waals surface area contributed by atoms with Crippen molar-refractivity contribution in [2.75, 3.05) is 25.1 Å². The number of nitrogens with zero attached hydrogens (tertiary/aromatic N) is 1. The third-order valence-electron chi connectivity index (χ3n) is 4.15. The summed E-state index contributed by atoms with van der Waals surface area (Å²) in [4.78, 5) is 14.5. The van der Waals surface area contributed by atoms with E-state index in [4.69, 9.17) is 5.73 Å². The molecule has 2 aliphatic heterocycles. The van der Waals surface area contributed by atoms with Crippen molar-refractivity contribution in [2.45, 2.75) is 50.2 Å². The minimum absolute atomic E-state index is 0.0430. The van der Waals surface area contributed by atoms with Gasteiger partial charge in [0.2, 0.25) is 5.91 Å². The van der Waals surface area contributed by atoms with E-state index in [1.807, 2.05) is 6.26 Å². The van der Waals surface area contributed by atoms with E-state index >= 15 is 0 Å². The molecule has 5 heteroatoms. The zero-order chi connectivity index (χ0) is 13.0. The number of carbonyl (C=O) groups excluding carboxylic acids is 1. The van der Waals surface area contributed by atoms with Crippen LogP contribution < -0.4 is 11.1 Å². The molecule has 0 aromatic rings. The maximum atomic E-state index is 12.0. The summed E-state index contributed by atoms with van der Waals surface area (Å²) in [5.74, 6) is 0.996. The topological polar surface area (TPSA) is 58.4 Å².